The molecule has 0 aliphatic heterocycles. The van der Waals surface area contributed by atoms with Crippen molar-refractivity contribution in [1.82, 2.24) is 0 Å². The molecule has 64 valence electrons. The molecule has 0 saturated carbocycles. The van der Waals surface area contributed by atoms with Gasteiger partial charge in [-0.25, -0.2) is 4.39 Å². The third kappa shape index (κ3) is 2.19. The summed E-state index contributed by atoms with van der Waals surface area (Å²) in [6.07, 6.45) is 3.64. The van der Waals surface area contributed by atoms with Crippen molar-refractivity contribution in [2.24, 2.45) is 0 Å². The summed E-state index contributed by atoms with van der Waals surface area (Å²) in [6.45, 7) is 5.69. The first-order valence-corrected chi connectivity index (χ1v) is 4.18. The van der Waals surface area contributed by atoms with Crippen LogP contribution in [0.4, 0.5) is 4.39 Å². The molecule has 0 amide bonds. The van der Waals surface area contributed by atoms with Crippen molar-refractivity contribution in [3.8, 4) is 0 Å². The molecule has 0 aliphatic carbocycles. The number of benzene rings is 1. The zero-order valence-electron chi connectivity index (χ0n) is 7.31. The topological polar surface area (TPSA) is 0 Å². The Kier molecular flexibility index (Phi) is 3.03. The zero-order valence-corrected chi connectivity index (χ0v) is 7.31. The molecule has 0 spiro atoms. The van der Waals surface area contributed by atoms with Gasteiger partial charge in [0.2, 0.25) is 0 Å². The first-order valence-electron chi connectivity index (χ1n) is 4.18. The fraction of sp³-hybridized carbons (Fsp3) is 0.273. The van der Waals surface area contributed by atoms with Gasteiger partial charge in [0.05, 0.1) is 0 Å². The standard InChI is InChI=1S/C11H13F/c1-3-5-10-6-9(4-2)7-11(12)8-10/h4,6-8H,2-3,5H2,1H3. The Hall–Kier alpha value is -1.11. The number of hydrogen-bond acceptors (Lipinski definition) is 0. The average molecular weight is 164 g/mol. The second-order valence-electron chi connectivity index (χ2n) is 2.85. The number of rotatable bonds is 3. The lowest BCUT2D eigenvalue weighted by molar-refractivity contribution is 0.624. The summed E-state index contributed by atoms with van der Waals surface area (Å²) in [6, 6.07) is 5.04. The van der Waals surface area contributed by atoms with Crippen molar-refractivity contribution in [2.75, 3.05) is 0 Å². The quantitative estimate of drug-likeness (QED) is 0.642. The van der Waals surface area contributed by atoms with Gasteiger partial charge in [-0.1, -0.05) is 32.1 Å². The molecule has 1 rings (SSSR count). The molecule has 0 radical (unpaired) electrons. The summed E-state index contributed by atoms with van der Waals surface area (Å²) < 4.78 is 12.9. The van der Waals surface area contributed by atoms with Crippen LogP contribution in [0.5, 0.6) is 0 Å². The van der Waals surface area contributed by atoms with Crippen LogP contribution in [0.25, 0.3) is 6.08 Å². The van der Waals surface area contributed by atoms with Gasteiger partial charge in [0.15, 0.2) is 0 Å². The Morgan fingerprint density at radius 3 is 2.75 bits per heavy atom. The van der Waals surface area contributed by atoms with Crippen LogP contribution in [-0.4, -0.2) is 0 Å². The summed E-state index contributed by atoms with van der Waals surface area (Å²) in [5.41, 5.74) is 1.91. The Bertz CT molecular complexity index is 276. The Morgan fingerprint density at radius 1 is 1.42 bits per heavy atom. The van der Waals surface area contributed by atoms with Crippen LogP contribution in [0.1, 0.15) is 24.5 Å². The van der Waals surface area contributed by atoms with Crippen LogP contribution in [0, 0.1) is 5.82 Å². The Morgan fingerprint density at radius 2 is 2.17 bits per heavy atom. The first kappa shape index (κ1) is 8.98. The molecule has 1 aromatic carbocycles. The molecule has 0 unspecified atom stereocenters. The van der Waals surface area contributed by atoms with Crippen molar-refractivity contribution >= 4 is 6.08 Å². The Balaban J connectivity index is 2.97. The van der Waals surface area contributed by atoms with Crippen molar-refractivity contribution < 1.29 is 4.39 Å². The highest BCUT2D eigenvalue weighted by molar-refractivity contribution is 5.48. The molecule has 0 nitrogen and oxygen atoms in total. The van der Waals surface area contributed by atoms with E-state index in [-0.39, 0.29) is 5.82 Å². The minimum Gasteiger partial charge on any atom is -0.207 e. The van der Waals surface area contributed by atoms with Gasteiger partial charge >= 0.3 is 0 Å². The number of halogens is 1. The molecule has 0 aliphatic rings. The molecule has 0 aromatic heterocycles. The van der Waals surface area contributed by atoms with E-state index < -0.39 is 0 Å². The SMILES string of the molecule is C=Cc1cc(F)cc(CCC)c1. The van der Waals surface area contributed by atoms with E-state index in [1.54, 1.807) is 12.1 Å². The summed E-state index contributed by atoms with van der Waals surface area (Å²) in [5, 5.41) is 0. The number of hydrogen-bond donors (Lipinski definition) is 0. The minimum atomic E-state index is -0.171. The molecular weight excluding hydrogens is 151 g/mol. The van der Waals surface area contributed by atoms with E-state index in [0.717, 1.165) is 24.0 Å². The van der Waals surface area contributed by atoms with E-state index in [0.29, 0.717) is 0 Å². The van der Waals surface area contributed by atoms with E-state index in [1.807, 2.05) is 6.07 Å². The lowest BCUT2D eigenvalue weighted by Crippen LogP contribution is -1.86. The van der Waals surface area contributed by atoms with E-state index in [9.17, 15) is 4.39 Å². The van der Waals surface area contributed by atoms with Gasteiger partial charge < -0.3 is 0 Å². The van der Waals surface area contributed by atoms with Crippen molar-refractivity contribution in [1.29, 1.82) is 0 Å². The summed E-state index contributed by atoms with van der Waals surface area (Å²) in [5.74, 6) is -0.171. The van der Waals surface area contributed by atoms with Crippen LogP contribution < -0.4 is 0 Å². The van der Waals surface area contributed by atoms with Crippen LogP contribution in [-0.2, 0) is 6.42 Å². The molecule has 1 aromatic rings. The van der Waals surface area contributed by atoms with Gasteiger partial charge in [-0.15, -0.1) is 0 Å². The second kappa shape index (κ2) is 4.05. The second-order valence-corrected chi connectivity index (χ2v) is 2.85. The normalized spacial score (nSPS) is 9.83. The monoisotopic (exact) mass is 164 g/mol. The predicted octanol–water partition coefficient (Wildman–Crippen LogP) is 3.42. The predicted molar refractivity (Wildman–Crippen MR) is 50.5 cm³/mol. The van der Waals surface area contributed by atoms with Crippen molar-refractivity contribution in [2.45, 2.75) is 19.8 Å². The maximum Gasteiger partial charge on any atom is 0.124 e. The molecule has 0 saturated heterocycles. The third-order valence-electron chi connectivity index (χ3n) is 1.75. The molecule has 0 fully saturated rings. The van der Waals surface area contributed by atoms with E-state index in [4.69, 9.17) is 0 Å². The molecule has 1 heteroatoms. The Labute approximate surface area is 72.7 Å². The lowest BCUT2D eigenvalue weighted by atomic mass is 10.1. The third-order valence-corrected chi connectivity index (χ3v) is 1.75. The largest absolute Gasteiger partial charge is 0.207 e. The molecular formula is C11H13F. The van der Waals surface area contributed by atoms with Gasteiger partial charge in [0.1, 0.15) is 5.82 Å². The summed E-state index contributed by atoms with van der Waals surface area (Å²) in [7, 11) is 0. The van der Waals surface area contributed by atoms with Gasteiger partial charge in [-0.3, -0.25) is 0 Å². The van der Waals surface area contributed by atoms with Crippen molar-refractivity contribution in [3.05, 3.63) is 41.7 Å². The van der Waals surface area contributed by atoms with Crippen molar-refractivity contribution in [3.63, 3.8) is 0 Å². The lowest BCUT2D eigenvalue weighted by Gasteiger charge is -2.00. The molecule has 0 N–H and O–H groups in total. The highest BCUT2D eigenvalue weighted by atomic mass is 19.1. The van der Waals surface area contributed by atoms with E-state index in [2.05, 4.69) is 13.5 Å². The molecule has 0 bridgehead atoms. The van der Waals surface area contributed by atoms with Gasteiger partial charge in [0.25, 0.3) is 0 Å². The maximum absolute atomic E-state index is 12.9. The first-order chi connectivity index (χ1) is 5.76. The average Bonchev–Trinajstić information content (AvgIpc) is 2.04. The van der Waals surface area contributed by atoms with Crippen LogP contribution >= 0.6 is 0 Å². The van der Waals surface area contributed by atoms with Crippen LogP contribution in [0.3, 0.4) is 0 Å². The summed E-state index contributed by atoms with van der Waals surface area (Å²) in [4.78, 5) is 0. The highest BCUT2D eigenvalue weighted by Crippen LogP contribution is 2.11. The molecule has 0 heterocycles. The zero-order chi connectivity index (χ0) is 8.97. The van der Waals surface area contributed by atoms with Gasteiger partial charge in [0, 0.05) is 0 Å². The smallest absolute Gasteiger partial charge is 0.124 e. The fourth-order valence-electron chi connectivity index (χ4n) is 1.23. The highest BCUT2D eigenvalue weighted by Gasteiger charge is 1.96. The fourth-order valence-corrected chi connectivity index (χ4v) is 1.23. The maximum atomic E-state index is 12.9. The molecule has 0 atom stereocenters. The van der Waals surface area contributed by atoms with Crippen LogP contribution in [0.15, 0.2) is 24.8 Å². The van der Waals surface area contributed by atoms with E-state index in [1.165, 1.54) is 6.07 Å². The van der Waals surface area contributed by atoms with E-state index >= 15 is 0 Å². The van der Waals surface area contributed by atoms with Gasteiger partial charge in [-0.05, 0) is 29.7 Å². The summed E-state index contributed by atoms with van der Waals surface area (Å²) >= 11 is 0. The van der Waals surface area contributed by atoms with Crippen LogP contribution in [0.2, 0.25) is 0 Å². The minimum absolute atomic E-state index is 0.171. The number of aryl methyl sites for hydroxylation is 1. The molecule has 12 heavy (non-hydrogen) atoms. The van der Waals surface area contributed by atoms with Gasteiger partial charge in [-0.2, -0.15) is 0 Å².